The molecule has 0 radical (unpaired) electrons. The Balaban J connectivity index is 1.79. The topological polar surface area (TPSA) is 75.6 Å². The van der Waals surface area contributed by atoms with Crippen molar-refractivity contribution in [3.05, 3.63) is 83.4 Å². The maximum absolute atomic E-state index is 12.7. The minimum absolute atomic E-state index is 0.0284. The van der Waals surface area contributed by atoms with E-state index in [0.29, 0.717) is 0 Å². The third kappa shape index (κ3) is 5.21. The summed E-state index contributed by atoms with van der Waals surface area (Å²) in [7, 11) is 1.18. The minimum atomic E-state index is -4.53. The van der Waals surface area contributed by atoms with E-state index in [1.807, 2.05) is 42.5 Å². The number of esters is 1. The van der Waals surface area contributed by atoms with Gasteiger partial charge in [0.2, 0.25) is 0 Å². The molecule has 0 aromatic heterocycles. The van der Waals surface area contributed by atoms with Crippen LogP contribution in [0.2, 0.25) is 0 Å². The second-order valence-electron chi connectivity index (χ2n) is 6.95. The van der Waals surface area contributed by atoms with Gasteiger partial charge in [0.25, 0.3) is 5.91 Å². The number of hydrogen-bond acceptors (Lipinski definition) is 4. The summed E-state index contributed by atoms with van der Waals surface area (Å²) in [4.78, 5) is 24.8. The third-order valence-corrected chi connectivity index (χ3v) is 4.91. The summed E-state index contributed by atoms with van der Waals surface area (Å²) in [6.45, 7) is 0. The average Bonchev–Trinajstić information content (AvgIpc) is 2.77. The molecule has 31 heavy (non-hydrogen) atoms. The highest BCUT2D eigenvalue weighted by atomic mass is 19.4. The normalized spacial score (nSPS) is 13.5. The molecule has 2 N–H and O–H groups in total. The van der Waals surface area contributed by atoms with Crippen molar-refractivity contribution in [1.82, 2.24) is 5.32 Å². The largest absolute Gasteiger partial charge is 0.467 e. The zero-order valence-corrected chi connectivity index (χ0v) is 16.5. The first kappa shape index (κ1) is 22.3. The number of hydrogen-bond donors (Lipinski definition) is 2. The van der Waals surface area contributed by atoms with Gasteiger partial charge in [-0.05, 0) is 34.0 Å². The smallest absolute Gasteiger partial charge is 0.416 e. The first-order chi connectivity index (χ1) is 14.7. The number of methoxy groups -OCH3 is 1. The maximum atomic E-state index is 12.7. The Morgan fingerprint density at radius 3 is 2.29 bits per heavy atom. The number of halogens is 3. The molecule has 0 saturated heterocycles. The van der Waals surface area contributed by atoms with Crippen LogP contribution in [0, 0.1) is 0 Å². The van der Waals surface area contributed by atoms with Crippen molar-refractivity contribution in [2.75, 3.05) is 7.11 Å². The summed E-state index contributed by atoms with van der Waals surface area (Å²) >= 11 is 0. The molecule has 3 rings (SSSR count). The number of nitrogens with one attached hydrogen (secondary N) is 1. The van der Waals surface area contributed by atoms with Crippen molar-refractivity contribution in [2.45, 2.75) is 24.7 Å². The molecule has 1 amide bonds. The van der Waals surface area contributed by atoms with Gasteiger partial charge in [-0.2, -0.15) is 13.2 Å². The van der Waals surface area contributed by atoms with Crippen LogP contribution in [0.25, 0.3) is 10.8 Å². The van der Waals surface area contributed by atoms with Crippen LogP contribution in [-0.2, 0) is 26.9 Å². The Morgan fingerprint density at radius 1 is 1.00 bits per heavy atom. The van der Waals surface area contributed by atoms with Crippen molar-refractivity contribution >= 4 is 22.6 Å². The fourth-order valence-electron chi connectivity index (χ4n) is 3.28. The Bertz CT molecular complexity index is 1070. The lowest BCUT2D eigenvalue weighted by Crippen LogP contribution is -2.45. The minimum Gasteiger partial charge on any atom is -0.467 e. The van der Waals surface area contributed by atoms with Crippen molar-refractivity contribution in [1.29, 1.82) is 0 Å². The summed E-state index contributed by atoms with van der Waals surface area (Å²) in [5.74, 6) is -1.63. The number of benzene rings is 3. The molecular formula is C23H20F3NO4. The van der Waals surface area contributed by atoms with Gasteiger partial charge in [0.1, 0.15) is 6.04 Å². The zero-order chi connectivity index (χ0) is 22.6. The fraction of sp³-hybridized carbons (Fsp3) is 0.217. The van der Waals surface area contributed by atoms with E-state index in [1.165, 1.54) is 7.11 Å². The van der Waals surface area contributed by atoms with Gasteiger partial charge in [-0.1, -0.05) is 54.6 Å². The molecule has 2 atom stereocenters. The summed E-state index contributed by atoms with van der Waals surface area (Å²) in [5, 5.41) is 14.6. The zero-order valence-electron chi connectivity index (χ0n) is 16.5. The van der Waals surface area contributed by atoms with Crippen LogP contribution in [0.15, 0.2) is 66.7 Å². The average molecular weight is 431 g/mol. The van der Waals surface area contributed by atoms with Crippen molar-refractivity contribution in [3.63, 3.8) is 0 Å². The van der Waals surface area contributed by atoms with Crippen LogP contribution in [0.4, 0.5) is 13.2 Å². The van der Waals surface area contributed by atoms with E-state index in [0.717, 1.165) is 40.6 Å². The van der Waals surface area contributed by atoms with Gasteiger partial charge in [-0.3, -0.25) is 4.79 Å². The van der Waals surface area contributed by atoms with Gasteiger partial charge in [0.05, 0.1) is 12.7 Å². The van der Waals surface area contributed by atoms with Crippen molar-refractivity contribution < 1.29 is 32.6 Å². The predicted molar refractivity (Wildman–Crippen MR) is 108 cm³/mol. The lowest BCUT2D eigenvalue weighted by Gasteiger charge is -2.20. The Hall–Kier alpha value is -3.39. The van der Waals surface area contributed by atoms with Gasteiger partial charge in [0, 0.05) is 6.42 Å². The van der Waals surface area contributed by atoms with E-state index in [1.54, 1.807) is 0 Å². The van der Waals surface area contributed by atoms with Gasteiger partial charge >= 0.3 is 12.1 Å². The fourth-order valence-corrected chi connectivity index (χ4v) is 3.28. The molecule has 0 fully saturated rings. The molecule has 0 aliphatic heterocycles. The lowest BCUT2D eigenvalue weighted by molar-refractivity contribution is -0.146. The number of carbonyl (C=O) groups is 2. The quantitative estimate of drug-likeness (QED) is 0.583. The van der Waals surface area contributed by atoms with Crippen LogP contribution in [-0.4, -0.2) is 30.1 Å². The van der Waals surface area contributed by atoms with E-state index in [9.17, 15) is 27.9 Å². The molecule has 162 valence electrons. The molecule has 0 heterocycles. The molecule has 0 saturated carbocycles. The number of rotatable bonds is 6. The highest BCUT2D eigenvalue weighted by Crippen LogP contribution is 2.30. The van der Waals surface area contributed by atoms with Crippen LogP contribution in [0.5, 0.6) is 0 Å². The molecule has 5 nitrogen and oxygen atoms in total. The van der Waals surface area contributed by atoms with Gasteiger partial charge < -0.3 is 15.2 Å². The number of amides is 1. The summed E-state index contributed by atoms with van der Waals surface area (Å²) in [6.07, 6.45) is -6.17. The number of aliphatic hydroxyl groups is 1. The molecule has 3 aromatic carbocycles. The van der Waals surface area contributed by atoms with Crippen LogP contribution < -0.4 is 5.32 Å². The van der Waals surface area contributed by atoms with Gasteiger partial charge in [0.15, 0.2) is 6.10 Å². The summed E-state index contributed by atoms with van der Waals surface area (Å²) in [5.41, 5.74) is -0.135. The number of fused-ring (bicyclic) bond motifs is 1. The SMILES string of the molecule is COC(=O)[C@@H](Cc1cccc2ccccc12)NC(=O)[C@@H](O)c1ccc(C(F)(F)F)cc1. The summed E-state index contributed by atoms with van der Waals surface area (Å²) < 4.78 is 42.9. The van der Waals surface area contributed by atoms with Crippen LogP contribution >= 0.6 is 0 Å². The van der Waals surface area contributed by atoms with E-state index < -0.39 is 35.8 Å². The maximum Gasteiger partial charge on any atom is 0.416 e. The molecule has 3 aromatic rings. The van der Waals surface area contributed by atoms with E-state index in [4.69, 9.17) is 4.74 Å². The van der Waals surface area contributed by atoms with Gasteiger partial charge in [-0.15, -0.1) is 0 Å². The van der Waals surface area contributed by atoms with Gasteiger partial charge in [-0.25, -0.2) is 4.79 Å². The first-order valence-electron chi connectivity index (χ1n) is 9.41. The molecule has 8 heteroatoms. The van der Waals surface area contributed by atoms with Crippen molar-refractivity contribution in [2.24, 2.45) is 0 Å². The second kappa shape index (κ2) is 9.18. The molecular weight excluding hydrogens is 411 g/mol. The predicted octanol–water partition coefficient (Wildman–Crippen LogP) is 3.79. The molecule has 0 bridgehead atoms. The first-order valence-corrected chi connectivity index (χ1v) is 9.41. The number of ether oxygens (including phenoxy) is 1. The molecule has 0 aliphatic rings. The number of aliphatic hydroxyl groups excluding tert-OH is 1. The monoisotopic (exact) mass is 431 g/mol. The van der Waals surface area contributed by atoms with Crippen LogP contribution in [0.1, 0.15) is 22.8 Å². The molecule has 0 aliphatic carbocycles. The van der Waals surface area contributed by atoms with E-state index in [-0.39, 0.29) is 12.0 Å². The highest BCUT2D eigenvalue weighted by molar-refractivity contribution is 5.89. The Labute approximate surface area is 176 Å². The van der Waals surface area contributed by atoms with E-state index in [2.05, 4.69) is 5.32 Å². The standard InChI is InChI=1S/C23H20F3NO4/c1-31-22(30)19(13-16-7-4-6-14-5-2-3-8-18(14)16)27-21(29)20(28)15-9-11-17(12-10-15)23(24,25)26/h2-12,19-20,28H,13H2,1H3,(H,27,29)/t19-,20+/m1/s1. The molecule has 0 unspecified atom stereocenters. The summed E-state index contributed by atoms with van der Waals surface area (Å²) in [6, 6.07) is 15.6. The number of alkyl halides is 3. The second-order valence-corrected chi connectivity index (χ2v) is 6.95. The highest BCUT2D eigenvalue weighted by Gasteiger charge is 2.31. The molecule has 0 spiro atoms. The Kier molecular flexibility index (Phi) is 6.60. The Morgan fingerprint density at radius 2 is 1.65 bits per heavy atom. The lowest BCUT2D eigenvalue weighted by atomic mass is 9.98. The number of carbonyl (C=O) groups excluding carboxylic acids is 2. The van der Waals surface area contributed by atoms with Crippen molar-refractivity contribution in [3.8, 4) is 0 Å². The van der Waals surface area contributed by atoms with E-state index >= 15 is 0 Å². The third-order valence-electron chi connectivity index (χ3n) is 4.91. The van der Waals surface area contributed by atoms with Crippen LogP contribution in [0.3, 0.4) is 0 Å².